The van der Waals surface area contributed by atoms with Gasteiger partial charge in [0.2, 0.25) is 0 Å². The number of ether oxygens (including phenoxy) is 2. The molecule has 1 aromatic carbocycles. The fourth-order valence-electron chi connectivity index (χ4n) is 2.21. The second-order valence-corrected chi connectivity index (χ2v) is 6.50. The number of hydrogen-bond acceptors (Lipinski definition) is 4. The SMILES string of the molecule is CCOC(=O)C(Cl)c1cn(C(=O)OC(C)(C)C)c2ccccc12. The summed E-state index contributed by atoms with van der Waals surface area (Å²) in [4.78, 5) is 24.3. The van der Waals surface area contributed by atoms with Gasteiger partial charge in [0.1, 0.15) is 5.60 Å². The van der Waals surface area contributed by atoms with Crippen LogP contribution in [0.15, 0.2) is 30.5 Å². The molecule has 1 atom stereocenters. The van der Waals surface area contributed by atoms with Crippen molar-refractivity contribution in [3.05, 3.63) is 36.0 Å². The molecule has 1 aromatic heterocycles. The number of aromatic nitrogens is 1. The summed E-state index contributed by atoms with van der Waals surface area (Å²) in [7, 11) is 0. The van der Waals surface area contributed by atoms with E-state index in [0.717, 1.165) is 0 Å². The molecule has 0 aliphatic carbocycles. The number of benzene rings is 1. The highest BCUT2D eigenvalue weighted by Gasteiger charge is 2.26. The van der Waals surface area contributed by atoms with Gasteiger partial charge in [-0.05, 0) is 33.8 Å². The van der Waals surface area contributed by atoms with Crippen LogP contribution in [-0.4, -0.2) is 28.8 Å². The molecule has 0 radical (unpaired) electrons. The van der Waals surface area contributed by atoms with Crippen molar-refractivity contribution in [1.82, 2.24) is 4.57 Å². The molecule has 0 amide bonds. The highest BCUT2D eigenvalue weighted by atomic mass is 35.5. The number of hydrogen-bond donors (Lipinski definition) is 0. The summed E-state index contributed by atoms with van der Waals surface area (Å²) in [5.74, 6) is -0.541. The number of nitrogens with zero attached hydrogens (tertiary/aromatic N) is 1. The van der Waals surface area contributed by atoms with Crippen LogP contribution in [0.5, 0.6) is 0 Å². The Bertz CT molecular complexity index is 730. The lowest BCUT2D eigenvalue weighted by Gasteiger charge is -2.19. The minimum Gasteiger partial charge on any atom is -0.465 e. The van der Waals surface area contributed by atoms with E-state index in [0.29, 0.717) is 16.5 Å². The van der Waals surface area contributed by atoms with E-state index >= 15 is 0 Å². The zero-order valence-electron chi connectivity index (χ0n) is 13.6. The number of para-hydroxylation sites is 1. The summed E-state index contributed by atoms with van der Waals surface area (Å²) < 4.78 is 11.7. The van der Waals surface area contributed by atoms with E-state index in [2.05, 4.69) is 0 Å². The van der Waals surface area contributed by atoms with Crippen molar-refractivity contribution in [2.75, 3.05) is 6.61 Å². The molecular weight excluding hydrogens is 318 g/mol. The molecule has 0 spiro atoms. The lowest BCUT2D eigenvalue weighted by atomic mass is 10.1. The average molecular weight is 338 g/mol. The summed E-state index contributed by atoms with van der Waals surface area (Å²) in [6.07, 6.45) is 1.01. The fourth-order valence-corrected chi connectivity index (χ4v) is 2.45. The first-order valence-electron chi connectivity index (χ1n) is 7.38. The molecular formula is C17H20ClNO4. The van der Waals surface area contributed by atoms with Gasteiger partial charge < -0.3 is 9.47 Å². The van der Waals surface area contributed by atoms with Crippen molar-refractivity contribution >= 4 is 34.6 Å². The van der Waals surface area contributed by atoms with Crippen molar-refractivity contribution in [3.8, 4) is 0 Å². The third-order valence-corrected chi connectivity index (χ3v) is 3.51. The molecule has 2 rings (SSSR count). The molecule has 124 valence electrons. The van der Waals surface area contributed by atoms with Crippen LogP contribution in [0, 0.1) is 0 Å². The first-order valence-corrected chi connectivity index (χ1v) is 7.82. The number of alkyl halides is 1. The van der Waals surface area contributed by atoms with Gasteiger partial charge in [0.05, 0.1) is 12.1 Å². The molecule has 0 aliphatic heterocycles. The van der Waals surface area contributed by atoms with Crippen LogP contribution in [-0.2, 0) is 14.3 Å². The van der Waals surface area contributed by atoms with Crippen LogP contribution in [0.2, 0.25) is 0 Å². The number of fused-ring (bicyclic) bond motifs is 1. The van der Waals surface area contributed by atoms with Crippen LogP contribution < -0.4 is 0 Å². The van der Waals surface area contributed by atoms with Gasteiger partial charge in [-0.15, -0.1) is 11.6 Å². The van der Waals surface area contributed by atoms with Crippen LogP contribution in [0.4, 0.5) is 4.79 Å². The van der Waals surface area contributed by atoms with E-state index in [1.807, 2.05) is 6.07 Å². The third kappa shape index (κ3) is 3.85. The fraction of sp³-hybridized carbons (Fsp3) is 0.412. The maximum atomic E-state index is 12.4. The largest absolute Gasteiger partial charge is 0.465 e. The van der Waals surface area contributed by atoms with Gasteiger partial charge in [0.25, 0.3) is 0 Å². The smallest absolute Gasteiger partial charge is 0.419 e. The second kappa shape index (κ2) is 6.62. The summed E-state index contributed by atoms with van der Waals surface area (Å²) in [5.41, 5.74) is 0.530. The molecule has 5 nitrogen and oxygen atoms in total. The van der Waals surface area contributed by atoms with Crippen molar-refractivity contribution in [2.45, 2.75) is 38.7 Å². The molecule has 1 heterocycles. The first kappa shape index (κ1) is 17.3. The van der Waals surface area contributed by atoms with Gasteiger partial charge in [-0.2, -0.15) is 0 Å². The quantitative estimate of drug-likeness (QED) is 0.620. The molecule has 0 fully saturated rings. The van der Waals surface area contributed by atoms with E-state index in [-0.39, 0.29) is 6.61 Å². The Morgan fingerprint density at radius 1 is 1.26 bits per heavy atom. The van der Waals surface area contributed by atoms with Crippen molar-refractivity contribution in [2.24, 2.45) is 0 Å². The molecule has 0 saturated heterocycles. The van der Waals surface area contributed by atoms with E-state index in [9.17, 15) is 9.59 Å². The summed E-state index contributed by atoms with van der Waals surface area (Å²) in [5, 5.41) is -0.269. The van der Waals surface area contributed by atoms with E-state index in [1.54, 1.807) is 45.9 Å². The van der Waals surface area contributed by atoms with Crippen LogP contribution >= 0.6 is 11.6 Å². The van der Waals surface area contributed by atoms with Gasteiger partial charge in [-0.1, -0.05) is 18.2 Å². The highest BCUT2D eigenvalue weighted by Crippen LogP contribution is 2.31. The minimum atomic E-state index is -0.983. The molecule has 0 saturated carbocycles. The van der Waals surface area contributed by atoms with E-state index < -0.39 is 23.0 Å². The Labute approximate surface area is 140 Å². The Morgan fingerprint density at radius 2 is 1.91 bits per heavy atom. The standard InChI is InChI=1S/C17H20ClNO4/c1-5-22-15(20)14(18)12-10-19(16(21)23-17(2,3)4)13-9-7-6-8-11(12)13/h6-10,14H,5H2,1-4H3. The minimum absolute atomic E-state index is 0.243. The molecule has 0 bridgehead atoms. The summed E-state index contributed by atoms with van der Waals surface area (Å²) >= 11 is 6.23. The van der Waals surface area contributed by atoms with Crippen molar-refractivity contribution in [1.29, 1.82) is 0 Å². The zero-order chi connectivity index (χ0) is 17.2. The molecule has 6 heteroatoms. The third-order valence-electron chi connectivity index (χ3n) is 3.10. The Kier molecular flexibility index (Phi) is 5.00. The van der Waals surface area contributed by atoms with Gasteiger partial charge in [-0.3, -0.25) is 9.36 Å². The molecule has 23 heavy (non-hydrogen) atoms. The Hall–Kier alpha value is -2.01. The number of carbonyl (C=O) groups excluding carboxylic acids is 2. The van der Waals surface area contributed by atoms with Crippen molar-refractivity contribution in [3.63, 3.8) is 0 Å². The predicted molar refractivity (Wildman–Crippen MR) is 88.8 cm³/mol. The molecule has 1 unspecified atom stereocenters. The highest BCUT2D eigenvalue weighted by molar-refractivity contribution is 6.31. The lowest BCUT2D eigenvalue weighted by molar-refractivity contribution is -0.142. The van der Waals surface area contributed by atoms with Gasteiger partial charge in [0, 0.05) is 17.1 Å². The van der Waals surface area contributed by atoms with Crippen molar-refractivity contribution < 1.29 is 19.1 Å². The second-order valence-electron chi connectivity index (χ2n) is 6.07. The van der Waals surface area contributed by atoms with Crippen LogP contribution in [0.25, 0.3) is 10.9 Å². The van der Waals surface area contributed by atoms with Gasteiger partial charge >= 0.3 is 12.1 Å². The predicted octanol–water partition coefficient (Wildman–Crippen LogP) is 4.27. The topological polar surface area (TPSA) is 57.5 Å². The Morgan fingerprint density at radius 3 is 2.52 bits per heavy atom. The van der Waals surface area contributed by atoms with Gasteiger partial charge in [-0.25, -0.2) is 4.79 Å². The van der Waals surface area contributed by atoms with E-state index in [1.165, 1.54) is 10.8 Å². The number of halogens is 1. The first-order chi connectivity index (χ1) is 10.7. The monoisotopic (exact) mass is 337 g/mol. The zero-order valence-corrected chi connectivity index (χ0v) is 14.4. The maximum absolute atomic E-state index is 12.4. The number of carbonyl (C=O) groups is 2. The number of esters is 1. The average Bonchev–Trinajstić information content (AvgIpc) is 2.84. The summed E-state index contributed by atoms with van der Waals surface area (Å²) in [6, 6.07) is 7.21. The van der Waals surface area contributed by atoms with Gasteiger partial charge in [0.15, 0.2) is 5.38 Å². The maximum Gasteiger partial charge on any atom is 0.419 e. The van der Waals surface area contributed by atoms with Crippen LogP contribution in [0.3, 0.4) is 0 Å². The molecule has 0 aliphatic rings. The summed E-state index contributed by atoms with van der Waals surface area (Å²) in [6.45, 7) is 7.33. The lowest BCUT2D eigenvalue weighted by Crippen LogP contribution is -2.26. The molecule has 0 N–H and O–H groups in total. The normalized spacial score (nSPS) is 12.9. The Balaban J connectivity index is 2.48. The molecule has 2 aromatic rings. The van der Waals surface area contributed by atoms with Crippen LogP contribution in [0.1, 0.15) is 38.6 Å². The van der Waals surface area contributed by atoms with E-state index in [4.69, 9.17) is 21.1 Å². The number of rotatable bonds is 3.